The highest BCUT2D eigenvalue weighted by Crippen LogP contribution is 2.22. The van der Waals surface area contributed by atoms with Gasteiger partial charge in [-0.1, -0.05) is 47.0 Å². The lowest BCUT2D eigenvalue weighted by Crippen LogP contribution is -2.44. The lowest BCUT2D eigenvalue weighted by Gasteiger charge is -2.17. The number of benzene rings is 2. The molecule has 2 aromatic rings. The standard InChI is InChI=1S/C19H22Cl2N2O3S/c1-11-7-12(2)18(13(3)8-11)27(25,26)23-14(4)19(24)22-10-15-5-6-16(20)9-17(15)21/h5-9,14,23H,10H2,1-4H3,(H,22,24). The Morgan fingerprint density at radius 2 is 1.67 bits per heavy atom. The van der Waals surface area contributed by atoms with Gasteiger partial charge >= 0.3 is 0 Å². The molecule has 2 rings (SSSR count). The van der Waals surface area contributed by atoms with E-state index < -0.39 is 22.0 Å². The SMILES string of the molecule is Cc1cc(C)c(S(=O)(=O)NC(C)C(=O)NCc2ccc(Cl)cc2Cl)c(C)c1. The normalized spacial score (nSPS) is 12.7. The third-order valence-corrected chi connectivity index (χ3v) is 6.50. The van der Waals surface area contributed by atoms with Gasteiger partial charge in [-0.3, -0.25) is 4.79 Å². The maximum atomic E-state index is 12.7. The van der Waals surface area contributed by atoms with Crippen LogP contribution in [0.4, 0.5) is 0 Å². The number of nitrogens with one attached hydrogen (secondary N) is 2. The zero-order valence-corrected chi connectivity index (χ0v) is 17.9. The molecular weight excluding hydrogens is 407 g/mol. The number of rotatable bonds is 6. The number of carbonyl (C=O) groups excluding carboxylic acids is 1. The summed E-state index contributed by atoms with van der Waals surface area (Å²) in [4.78, 5) is 12.5. The summed E-state index contributed by atoms with van der Waals surface area (Å²) in [5.74, 6) is -0.452. The molecule has 0 spiro atoms. The Kier molecular flexibility index (Phi) is 6.92. The quantitative estimate of drug-likeness (QED) is 0.732. The zero-order chi connectivity index (χ0) is 20.4. The second kappa shape index (κ2) is 8.61. The molecule has 2 N–H and O–H groups in total. The van der Waals surface area contributed by atoms with Gasteiger partial charge in [-0.15, -0.1) is 0 Å². The Hall–Kier alpha value is -1.60. The first-order chi connectivity index (χ1) is 12.5. The Morgan fingerprint density at radius 1 is 1.07 bits per heavy atom. The van der Waals surface area contributed by atoms with E-state index in [2.05, 4.69) is 10.0 Å². The molecule has 0 radical (unpaired) electrons. The van der Waals surface area contributed by atoms with Gasteiger partial charge in [0, 0.05) is 16.6 Å². The maximum absolute atomic E-state index is 12.7. The summed E-state index contributed by atoms with van der Waals surface area (Å²) in [6, 6.07) is 7.62. The van der Waals surface area contributed by atoms with Crippen molar-refractivity contribution in [2.75, 3.05) is 0 Å². The van der Waals surface area contributed by atoms with Gasteiger partial charge in [0.05, 0.1) is 10.9 Å². The second-order valence-corrected chi connectivity index (χ2v) is 9.02. The van der Waals surface area contributed by atoms with Crippen LogP contribution in [0.25, 0.3) is 0 Å². The van der Waals surface area contributed by atoms with Crippen LogP contribution in [0.3, 0.4) is 0 Å². The molecule has 0 aliphatic heterocycles. The fourth-order valence-electron chi connectivity index (χ4n) is 2.94. The first-order valence-corrected chi connectivity index (χ1v) is 10.6. The first-order valence-electron chi connectivity index (χ1n) is 8.33. The van der Waals surface area contributed by atoms with Crippen molar-refractivity contribution in [2.45, 2.75) is 45.2 Å². The van der Waals surface area contributed by atoms with Crippen LogP contribution in [0.15, 0.2) is 35.2 Å². The lowest BCUT2D eigenvalue weighted by molar-refractivity contribution is -0.122. The highest BCUT2D eigenvalue weighted by atomic mass is 35.5. The Balaban J connectivity index is 2.09. The molecule has 0 heterocycles. The third kappa shape index (κ3) is 5.45. The van der Waals surface area contributed by atoms with Crippen LogP contribution in [0.2, 0.25) is 10.0 Å². The van der Waals surface area contributed by atoms with Crippen molar-refractivity contribution >= 4 is 39.1 Å². The van der Waals surface area contributed by atoms with E-state index in [-0.39, 0.29) is 11.4 Å². The van der Waals surface area contributed by atoms with Crippen LogP contribution in [-0.4, -0.2) is 20.4 Å². The minimum atomic E-state index is -3.83. The van der Waals surface area contributed by atoms with Gasteiger partial charge in [0.2, 0.25) is 15.9 Å². The Labute approximate surface area is 170 Å². The average molecular weight is 429 g/mol. The van der Waals surface area contributed by atoms with Gasteiger partial charge in [0.15, 0.2) is 0 Å². The molecular formula is C19H22Cl2N2O3S. The minimum absolute atomic E-state index is 0.170. The smallest absolute Gasteiger partial charge is 0.241 e. The summed E-state index contributed by atoms with van der Waals surface area (Å²) in [6.07, 6.45) is 0. The molecule has 2 aromatic carbocycles. The summed E-state index contributed by atoms with van der Waals surface area (Å²) in [7, 11) is -3.83. The molecule has 1 unspecified atom stereocenters. The number of sulfonamides is 1. The fraction of sp³-hybridized carbons (Fsp3) is 0.316. The summed E-state index contributed by atoms with van der Waals surface area (Å²) in [5, 5.41) is 3.61. The molecule has 8 heteroatoms. The number of halogens is 2. The van der Waals surface area contributed by atoms with Crippen molar-refractivity contribution in [3.63, 3.8) is 0 Å². The van der Waals surface area contributed by atoms with Crippen molar-refractivity contribution in [2.24, 2.45) is 0 Å². The Bertz CT molecular complexity index is 952. The predicted octanol–water partition coefficient (Wildman–Crippen LogP) is 3.90. The van der Waals surface area contributed by atoms with E-state index >= 15 is 0 Å². The van der Waals surface area contributed by atoms with E-state index in [1.807, 2.05) is 6.92 Å². The van der Waals surface area contributed by atoms with Gasteiger partial charge in [0.1, 0.15) is 0 Å². The first kappa shape index (κ1) is 21.7. The molecule has 0 aliphatic rings. The van der Waals surface area contributed by atoms with Gasteiger partial charge in [-0.25, -0.2) is 8.42 Å². The van der Waals surface area contributed by atoms with Gasteiger partial charge < -0.3 is 5.32 Å². The van der Waals surface area contributed by atoms with E-state index in [9.17, 15) is 13.2 Å². The molecule has 0 bridgehead atoms. The molecule has 5 nitrogen and oxygen atoms in total. The fourth-order valence-corrected chi connectivity index (χ4v) is 5.07. The van der Waals surface area contributed by atoms with Crippen molar-refractivity contribution in [3.05, 3.63) is 62.6 Å². The number of hydrogen-bond donors (Lipinski definition) is 2. The number of hydrogen-bond acceptors (Lipinski definition) is 3. The van der Waals surface area contributed by atoms with E-state index in [1.54, 1.807) is 44.2 Å². The zero-order valence-electron chi connectivity index (χ0n) is 15.6. The molecule has 0 saturated heterocycles. The van der Waals surface area contributed by atoms with Gasteiger partial charge in [-0.05, 0) is 56.5 Å². The predicted molar refractivity (Wildman–Crippen MR) is 109 cm³/mol. The number of carbonyl (C=O) groups is 1. The molecule has 27 heavy (non-hydrogen) atoms. The van der Waals surface area contributed by atoms with Crippen LogP contribution in [0.1, 0.15) is 29.2 Å². The van der Waals surface area contributed by atoms with Crippen LogP contribution in [-0.2, 0) is 21.4 Å². The van der Waals surface area contributed by atoms with E-state index in [4.69, 9.17) is 23.2 Å². The number of aryl methyl sites for hydroxylation is 3. The molecule has 0 saturated carbocycles. The largest absolute Gasteiger partial charge is 0.351 e. The van der Waals surface area contributed by atoms with E-state index in [1.165, 1.54) is 6.92 Å². The molecule has 0 fully saturated rings. The molecule has 0 aliphatic carbocycles. The lowest BCUT2D eigenvalue weighted by atomic mass is 10.1. The van der Waals surface area contributed by atoms with Gasteiger partial charge in [-0.2, -0.15) is 4.72 Å². The van der Waals surface area contributed by atoms with E-state index in [0.29, 0.717) is 26.7 Å². The van der Waals surface area contributed by atoms with Crippen molar-refractivity contribution in [3.8, 4) is 0 Å². The number of amides is 1. The average Bonchev–Trinajstić information content (AvgIpc) is 2.51. The molecule has 0 aromatic heterocycles. The van der Waals surface area contributed by atoms with Gasteiger partial charge in [0.25, 0.3) is 0 Å². The van der Waals surface area contributed by atoms with Crippen LogP contribution < -0.4 is 10.0 Å². The Morgan fingerprint density at radius 3 is 2.22 bits per heavy atom. The highest BCUT2D eigenvalue weighted by Gasteiger charge is 2.25. The van der Waals surface area contributed by atoms with Crippen molar-refractivity contribution in [1.82, 2.24) is 10.0 Å². The summed E-state index contributed by atoms with van der Waals surface area (Å²) in [5.41, 5.74) is 2.95. The molecule has 146 valence electrons. The van der Waals surface area contributed by atoms with E-state index in [0.717, 1.165) is 5.56 Å². The topological polar surface area (TPSA) is 75.3 Å². The molecule has 1 amide bonds. The van der Waals surface area contributed by atoms with Crippen molar-refractivity contribution in [1.29, 1.82) is 0 Å². The van der Waals surface area contributed by atoms with Crippen molar-refractivity contribution < 1.29 is 13.2 Å². The summed E-state index contributed by atoms with van der Waals surface area (Å²) in [6.45, 7) is 7.05. The van der Waals surface area contributed by atoms with Crippen LogP contribution >= 0.6 is 23.2 Å². The summed E-state index contributed by atoms with van der Waals surface area (Å²) < 4.78 is 27.9. The second-order valence-electron chi connectivity index (χ2n) is 6.52. The highest BCUT2D eigenvalue weighted by molar-refractivity contribution is 7.89. The minimum Gasteiger partial charge on any atom is -0.351 e. The third-order valence-electron chi connectivity index (χ3n) is 4.07. The molecule has 1 atom stereocenters. The maximum Gasteiger partial charge on any atom is 0.241 e. The monoisotopic (exact) mass is 428 g/mol. The van der Waals surface area contributed by atoms with Crippen LogP contribution in [0, 0.1) is 20.8 Å². The summed E-state index contributed by atoms with van der Waals surface area (Å²) >= 11 is 11.9. The van der Waals surface area contributed by atoms with Crippen LogP contribution in [0.5, 0.6) is 0 Å².